The molecule has 1 amide bonds. The maximum atomic E-state index is 13.7. The van der Waals surface area contributed by atoms with Crippen molar-refractivity contribution >= 4 is 11.6 Å². The van der Waals surface area contributed by atoms with Gasteiger partial charge in [0.25, 0.3) is 5.91 Å². The fourth-order valence-corrected chi connectivity index (χ4v) is 2.97. The molecule has 2 aromatic carbocycles. The smallest absolute Gasteiger partial charge is 0.258 e. The summed E-state index contributed by atoms with van der Waals surface area (Å²) >= 11 is 0. The number of benzene rings is 2. The molecule has 120 valence electrons. The van der Waals surface area contributed by atoms with E-state index in [4.69, 9.17) is 0 Å². The minimum atomic E-state index is -0.505. The van der Waals surface area contributed by atoms with Crippen LogP contribution in [0.1, 0.15) is 35.2 Å². The van der Waals surface area contributed by atoms with Crippen LogP contribution in [0.15, 0.2) is 48.5 Å². The number of hydrogen-bond acceptors (Lipinski definition) is 2. The molecule has 3 rings (SSSR count). The van der Waals surface area contributed by atoms with Crippen molar-refractivity contribution in [1.29, 1.82) is 0 Å². The van der Waals surface area contributed by atoms with E-state index in [2.05, 4.69) is 16.3 Å². The van der Waals surface area contributed by atoms with Gasteiger partial charge in [0.1, 0.15) is 5.82 Å². The fourth-order valence-electron chi connectivity index (χ4n) is 2.97. The number of nitrogens with one attached hydrogen (secondary N) is 1. The Morgan fingerprint density at radius 3 is 2.61 bits per heavy atom. The maximum absolute atomic E-state index is 13.7. The predicted molar refractivity (Wildman–Crippen MR) is 89.9 cm³/mol. The van der Waals surface area contributed by atoms with Crippen LogP contribution in [-0.4, -0.2) is 23.9 Å². The van der Waals surface area contributed by atoms with Crippen LogP contribution in [-0.2, 0) is 6.54 Å². The minimum absolute atomic E-state index is 0.0638. The highest BCUT2D eigenvalue weighted by Gasteiger charge is 2.13. The van der Waals surface area contributed by atoms with Gasteiger partial charge in [-0.15, -0.1) is 0 Å². The summed E-state index contributed by atoms with van der Waals surface area (Å²) in [6.45, 7) is 3.15. The summed E-state index contributed by atoms with van der Waals surface area (Å²) in [7, 11) is 0. The molecule has 0 aromatic heterocycles. The van der Waals surface area contributed by atoms with E-state index in [1.165, 1.54) is 37.0 Å². The van der Waals surface area contributed by atoms with Crippen molar-refractivity contribution in [1.82, 2.24) is 4.90 Å². The molecular weight excluding hydrogens is 291 g/mol. The summed E-state index contributed by atoms with van der Waals surface area (Å²) in [5, 5.41) is 2.78. The van der Waals surface area contributed by atoms with Gasteiger partial charge >= 0.3 is 0 Å². The SMILES string of the molecule is O=C(Nc1cccc(CN2CCCCC2)c1)c1ccccc1F. The maximum Gasteiger partial charge on any atom is 0.258 e. The van der Waals surface area contributed by atoms with Crippen LogP contribution in [0.3, 0.4) is 0 Å². The second-order valence-corrected chi connectivity index (χ2v) is 5.97. The van der Waals surface area contributed by atoms with Crippen molar-refractivity contribution in [3.05, 3.63) is 65.5 Å². The molecule has 1 aliphatic heterocycles. The lowest BCUT2D eigenvalue weighted by atomic mass is 10.1. The molecule has 0 bridgehead atoms. The number of carbonyl (C=O) groups is 1. The van der Waals surface area contributed by atoms with Crippen LogP contribution in [0.2, 0.25) is 0 Å². The van der Waals surface area contributed by atoms with Crippen molar-refractivity contribution < 1.29 is 9.18 Å². The van der Waals surface area contributed by atoms with E-state index in [0.717, 1.165) is 19.6 Å². The first-order valence-corrected chi connectivity index (χ1v) is 8.09. The van der Waals surface area contributed by atoms with Gasteiger partial charge < -0.3 is 5.32 Å². The van der Waals surface area contributed by atoms with Gasteiger partial charge in [0.05, 0.1) is 5.56 Å². The topological polar surface area (TPSA) is 32.3 Å². The number of amides is 1. The first-order valence-electron chi connectivity index (χ1n) is 8.09. The first kappa shape index (κ1) is 15.7. The molecule has 0 radical (unpaired) electrons. The van der Waals surface area contributed by atoms with Crippen LogP contribution in [0.4, 0.5) is 10.1 Å². The van der Waals surface area contributed by atoms with E-state index in [0.29, 0.717) is 5.69 Å². The monoisotopic (exact) mass is 312 g/mol. The molecule has 0 unspecified atom stereocenters. The Hall–Kier alpha value is -2.20. The third-order valence-electron chi connectivity index (χ3n) is 4.16. The number of halogens is 1. The van der Waals surface area contributed by atoms with E-state index in [9.17, 15) is 9.18 Å². The largest absolute Gasteiger partial charge is 0.322 e. The quantitative estimate of drug-likeness (QED) is 0.923. The average Bonchev–Trinajstić information content (AvgIpc) is 2.56. The summed E-state index contributed by atoms with van der Waals surface area (Å²) in [6, 6.07) is 13.8. The Morgan fingerprint density at radius 2 is 1.83 bits per heavy atom. The Bertz CT molecular complexity index is 681. The normalized spacial score (nSPS) is 15.3. The highest BCUT2D eigenvalue weighted by Crippen LogP contribution is 2.17. The zero-order valence-electron chi connectivity index (χ0n) is 13.1. The summed E-state index contributed by atoms with van der Waals surface area (Å²) in [5.74, 6) is -0.923. The number of anilines is 1. The molecule has 1 aliphatic rings. The van der Waals surface area contributed by atoms with Crippen molar-refractivity contribution in [2.45, 2.75) is 25.8 Å². The van der Waals surface area contributed by atoms with Gasteiger partial charge in [-0.1, -0.05) is 30.7 Å². The molecule has 0 saturated carbocycles. The highest BCUT2D eigenvalue weighted by atomic mass is 19.1. The molecule has 0 aliphatic carbocycles. The zero-order chi connectivity index (χ0) is 16.1. The number of likely N-dealkylation sites (tertiary alicyclic amines) is 1. The molecule has 23 heavy (non-hydrogen) atoms. The van der Waals surface area contributed by atoms with Crippen molar-refractivity contribution in [2.24, 2.45) is 0 Å². The Balaban J connectivity index is 1.67. The van der Waals surface area contributed by atoms with Crippen molar-refractivity contribution in [3.8, 4) is 0 Å². The summed E-state index contributed by atoms with van der Waals surface area (Å²) in [6.07, 6.45) is 3.82. The van der Waals surface area contributed by atoms with E-state index in [1.54, 1.807) is 12.1 Å². The Morgan fingerprint density at radius 1 is 1.04 bits per heavy atom. The second-order valence-electron chi connectivity index (χ2n) is 5.97. The number of piperidine rings is 1. The summed E-state index contributed by atoms with van der Waals surface area (Å²) in [5.41, 5.74) is 1.93. The molecule has 1 heterocycles. The van der Waals surface area contributed by atoms with Crippen molar-refractivity contribution in [3.63, 3.8) is 0 Å². The molecule has 0 atom stereocenters. The van der Waals surface area contributed by atoms with E-state index in [1.807, 2.05) is 18.2 Å². The molecule has 1 saturated heterocycles. The highest BCUT2D eigenvalue weighted by molar-refractivity contribution is 6.04. The molecule has 1 fully saturated rings. The number of rotatable bonds is 4. The van der Waals surface area contributed by atoms with Crippen LogP contribution >= 0.6 is 0 Å². The third kappa shape index (κ3) is 4.17. The first-order chi connectivity index (χ1) is 11.2. The van der Waals surface area contributed by atoms with Gasteiger partial charge in [0.15, 0.2) is 0 Å². The van der Waals surface area contributed by atoms with Gasteiger partial charge in [0.2, 0.25) is 0 Å². The second kappa shape index (κ2) is 7.38. The van der Waals surface area contributed by atoms with Crippen LogP contribution in [0.25, 0.3) is 0 Å². The Labute approximate surface area is 136 Å². The molecular formula is C19H21FN2O. The van der Waals surface area contributed by atoms with E-state index in [-0.39, 0.29) is 5.56 Å². The van der Waals surface area contributed by atoms with Gasteiger partial charge in [0, 0.05) is 12.2 Å². The lowest BCUT2D eigenvalue weighted by Gasteiger charge is -2.26. The zero-order valence-corrected chi connectivity index (χ0v) is 13.1. The third-order valence-corrected chi connectivity index (χ3v) is 4.16. The predicted octanol–water partition coefficient (Wildman–Crippen LogP) is 4.06. The Kier molecular flexibility index (Phi) is 5.03. The molecule has 0 spiro atoms. The van der Waals surface area contributed by atoms with E-state index < -0.39 is 11.7 Å². The van der Waals surface area contributed by atoms with Crippen LogP contribution in [0.5, 0.6) is 0 Å². The van der Waals surface area contributed by atoms with Crippen LogP contribution in [0, 0.1) is 5.82 Å². The van der Waals surface area contributed by atoms with Crippen molar-refractivity contribution in [2.75, 3.05) is 18.4 Å². The standard InChI is InChI=1S/C19H21FN2O/c20-18-10-3-2-9-17(18)19(23)21-16-8-6-7-15(13-16)14-22-11-4-1-5-12-22/h2-3,6-10,13H,1,4-5,11-12,14H2,(H,21,23). The summed E-state index contributed by atoms with van der Waals surface area (Å²) < 4.78 is 13.7. The molecule has 4 heteroatoms. The number of nitrogens with zero attached hydrogens (tertiary/aromatic N) is 1. The lowest BCUT2D eigenvalue weighted by Crippen LogP contribution is -2.29. The number of hydrogen-bond donors (Lipinski definition) is 1. The fraction of sp³-hybridized carbons (Fsp3) is 0.316. The van der Waals surface area contributed by atoms with E-state index >= 15 is 0 Å². The molecule has 2 aromatic rings. The van der Waals surface area contributed by atoms with Gasteiger partial charge in [-0.25, -0.2) is 4.39 Å². The molecule has 1 N–H and O–H groups in total. The average molecular weight is 312 g/mol. The van der Waals surface area contributed by atoms with Gasteiger partial charge in [-0.05, 0) is 55.8 Å². The summed E-state index contributed by atoms with van der Waals surface area (Å²) in [4.78, 5) is 14.6. The number of carbonyl (C=O) groups excluding carboxylic acids is 1. The molecule has 3 nitrogen and oxygen atoms in total. The lowest BCUT2D eigenvalue weighted by molar-refractivity contribution is 0.102. The van der Waals surface area contributed by atoms with Crippen LogP contribution < -0.4 is 5.32 Å². The van der Waals surface area contributed by atoms with Gasteiger partial charge in [-0.3, -0.25) is 9.69 Å². The minimum Gasteiger partial charge on any atom is -0.322 e. The van der Waals surface area contributed by atoms with Gasteiger partial charge in [-0.2, -0.15) is 0 Å².